The van der Waals surface area contributed by atoms with Crippen LogP contribution >= 0.6 is 15.9 Å². The number of rotatable bonds is 5. The fraction of sp³-hybridized carbons (Fsp3) is 0.417. The van der Waals surface area contributed by atoms with Crippen LogP contribution in [0.15, 0.2) is 53.0 Å². The van der Waals surface area contributed by atoms with Gasteiger partial charge in [0.05, 0.1) is 12.5 Å². The molecule has 1 atom stereocenters. The standard InChI is InChI=1S/C24H27BrN2O3/c1-30-21-8-4-18(5-9-21)24(13-10-22(28)26-23(24)29)19-11-14-27(15-12-19)16-17-2-6-20(25)7-3-17/h2-9,19H,10-16H2,1H3,(H,26,28,29). The number of nitrogens with zero attached hydrogens (tertiary/aromatic N) is 1. The highest BCUT2D eigenvalue weighted by atomic mass is 79.9. The summed E-state index contributed by atoms with van der Waals surface area (Å²) in [5, 5.41) is 2.62. The number of likely N-dealkylation sites (tertiary alicyclic amines) is 1. The van der Waals surface area contributed by atoms with Crippen LogP contribution in [0.5, 0.6) is 5.75 Å². The number of piperidine rings is 2. The van der Waals surface area contributed by atoms with Crippen LogP contribution in [0.1, 0.15) is 36.8 Å². The first-order chi connectivity index (χ1) is 14.5. The summed E-state index contributed by atoms with van der Waals surface area (Å²) in [4.78, 5) is 27.5. The Morgan fingerprint density at radius 1 is 1.07 bits per heavy atom. The number of ether oxygens (including phenoxy) is 1. The predicted molar refractivity (Wildman–Crippen MR) is 119 cm³/mol. The third kappa shape index (κ3) is 4.16. The largest absolute Gasteiger partial charge is 0.497 e. The van der Waals surface area contributed by atoms with E-state index < -0.39 is 5.41 Å². The van der Waals surface area contributed by atoms with Crippen LogP contribution in [0.3, 0.4) is 0 Å². The number of hydrogen-bond donors (Lipinski definition) is 1. The monoisotopic (exact) mass is 470 g/mol. The van der Waals surface area contributed by atoms with Crippen LogP contribution in [-0.4, -0.2) is 36.9 Å². The number of halogens is 1. The van der Waals surface area contributed by atoms with Crippen molar-refractivity contribution in [2.75, 3.05) is 20.2 Å². The van der Waals surface area contributed by atoms with E-state index in [9.17, 15) is 9.59 Å². The third-order valence-corrected chi connectivity index (χ3v) is 7.14. The topological polar surface area (TPSA) is 58.6 Å². The Labute approximate surface area is 185 Å². The minimum Gasteiger partial charge on any atom is -0.497 e. The number of carbonyl (C=O) groups is 2. The Morgan fingerprint density at radius 2 is 1.73 bits per heavy atom. The molecule has 2 heterocycles. The Balaban J connectivity index is 1.52. The maximum Gasteiger partial charge on any atom is 0.237 e. The van der Waals surface area contributed by atoms with Crippen molar-refractivity contribution in [3.63, 3.8) is 0 Å². The van der Waals surface area contributed by atoms with Gasteiger partial charge in [-0.1, -0.05) is 40.2 Å². The molecule has 0 radical (unpaired) electrons. The molecule has 2 aromatic carbocycles. The molecule has 1 unspecified atom stereocenters. The average Bonchev–Trinajstić information content (AvgIpc) is 2.77. The van der Waals surface area contributed by atoms with Crippen molar-refractivity contribution in [1.82, 2.24) is 10.2 Å². The summed E-state index contributed by atoms with van der Waals surface area (Å²) >= 11 is 3.49. The van der Waals surface area contributed by atoms with Gasteiger partial charge in [0.1, 0.15) is 5.75 Å². The van der Waals surface area contributed by atoms with Crippen LogP contribution in [0.2, 0.25) is 0 Å². The molecule has 0 spiro atoms. The first kappa shape index (κ1) is 21.1. The number of methoxy groups -OCH3 is 1. The summed E-state index contributed by atoms with van der Waals surface area (Å²) in [6.45, 7) is 2.81. The van der Waals surface area contributed by atoms with Crippen molar-refractivity contribution in [3.05, 3.63) is 64.1 Å². The summed E-state index contributed by atoms with van der Waals surface area (Å²) in [6, 6.07) is 16.2. The smallest absolute Gasteiger partial charge is 0.237 e. The highest BCUT2D eigenvalue weighted by Gasteiger charge is 2.50. The van der Waals surface area contributed by atoms with Crippen LogP contribution in [0.25, 0.3) is 0 Å². The molecule has 0 bridgehead atoms. The first-order valence-electron chi connectivity index (χ1n) is 10.5. The molecule has 5 nitrogen and oxygen atoms in total. The van der Waals surface area contributed by atoms with Crippen molar-refractivity contribution in [3.8, 4) is 5.75 Å². The van der Waals surface area contributed by atoms with E-state index in [0.29, 0.717) is 12.8 Å². The van der Waals surface area contributed by atoms with Crippen molar-refractivity contribution >= 4 is 27.7 Å². The van der Waals surface area contributed by atoms with Crippen LogP contribution in [0.4, 0.5) is 0 Å². The molecular formula is C24H27BrN2O3. The van der Waals surface area contributed by atoms with Gasteiger partial charge in [0.2, 0.25) is 11.8 Å². The predicted octanol–water partition coefficient (Wildman–Crippen LogP) is 4.04. The van der Waals surface area contributed by atoms with E-state index in [0.717, 1.165) is 48.3 Å². The Bertz CT molecular complexity index is 905. The van der Waals surface area contributed by atoms with E-state index in [2.05, 4.69) is 50.4 Å². The molecule has 30 heavy (non-hydrogen) atoms. The molecule has 2 aromatic rings. The van der Waals surface area contributed by atoms with Gasteiger partial charge in [-0.3, -0.25) is 19.8 Å². The first-order valence-corrected chi connectivity index (χ1v) is 11.3. The fourth-order valence-electron chi connectivity index (χ4n) is 4.95. The summed E-state index contributed by atoms with van der Waals surface area (Å²) in [5.74, 6) is 0.665. The van der Waals surface area contributed by atoms with E-state index in [1.807, 2.05) is 24.3 Å². The minimum atomic E-state index is -0.649. The zero-order chi connectivity index (χ0) is 21.1. The number of hydrogen-bond acceptors (Lipinski definition) is 4. The lowest BCUT2D eigenvalue weighted by molar-refractivity contribution is -0.140. The van der Waals surface area contributed by atoms with Gasteiger partial charge < -0.3 is 4.74 Å². The Hall–Kier alpha value is -2.18. The zero-order valence-corrected chi connectivity index (χ0v) is 18.8. The van der Waals surface area contributed by atoms with Crippen LogP contribution in [0, 0.1) is 5.92 Å². The third-order valence-electron chi connectivity index (χ3n) is 6.61. The summed E-state index contributed by atoms with van der Waals surface area (Å²) in [6.07, 6.45) is 2.83. The van der Waals surface area contributed by atoms with Crippen molar-refractivity contribution in [1.29, 1.82) is 0 Å². The number of benzene rings is 2. The molecular weight excluding hydrogens is 444 g/mol. The lowest BCUT2D eigenvalue weighted by Gasteiger charge is -2.45. The lowest BCUT2D eigenvalue weighted by Crippen LogP contribution is -2.57. The average molecular weight is 471 g/mol. The van der Waals surface area contributed by atoms with Gasteiger partial charge in [0.25, 0.3) is 0 Å². The minimum absolute atomic E-state index is 0.143. The molecule has 1 N–H and O–H groups in total. The Morgan fingerprint density at radius 3 is 2.33 bits per heavy atom. The fourth-order valence-corrected chi connectivity index (χ4v) is 5.21. The number of nitrogens with one attached hydrogen (secondary N) is 1. The van der Waals surface area contributed by atoms with Gasteiger partial charge in [-0.15, -0.1) is 0 Å². The van der Waals surface area contributed by atoms with Gasteiger partial charge in [-0.2, -0.15) is 0 Å². The number of imide groups is 1. The maximum atomic E-state index is 13.2. The maximum absolute atomic E-state index is 13.2. The van der Waals surface area contributed by atoms with E-state index in [1.54, 1.807) is 7.11 Å². The van der Waals surface area contributed by atoms with Gasteiger partial charge in [-0.25, -0.2) is 0 Å². The second kappa shape index (κ2) is 8.90. The van der Waals surface area contributed by atoms with Crippen LogP contribution in [-0.2, 0) is 21.5 Å². The van der Waals surface area contributed by atoms with Gasteiger partial charge >= 0.3 is 0 Å². The second-order valence-corrected chi connectivity index (χ2v) is 9.17. The van der Waals surface area contributed by atoms with E-state index in [4.69, 9.17) is 4.74 Å². The lowest BCUT2D eigenvalue weighted by atomic mass is 9.62. The molecule has 0 saturated carbocycles. The molecule has 2 aliphatic rings. The van der Waals surface area contributed by atoms with Gasteiger partial charge in [0, 0.05) is 17.4 Å². The van der Waals surface area contributed by atoms with E-state index in [1.165, 1.54) is 5.56 Å². The quantitative estimate of drug-likeness (QED) is 0.669. The van der Waals surface area contributed by atoms with Crippen molar-refractivity contribution in [2.45, 2.75) is 37.6 Å². The molecule has 158 valence electrons. The van der Waals surface area contributed by atoms with Crippen LogP contribution < -0.4 is 10.1 Å². The summed E-state index contributed by atoms with van der Waals surface area (Å²) in [5.41, 5.74) is 1.63. The van der Waals surface area contributed by atoms with E-state index >= 15 is 0 Å². The molecule has 0 aromatic heterocycles. The molecule has 2 fully saturated rings. The molecule has 4 rings (SSSR count). The van der Waals surface area contributed by atoms with Crippen molar-refractivity contribution in [2.24, 2.45) is 5.92 Å². The second-order valence-electron chi connectivity index (χ2n) is 8.25. The zero-order valence-electron chi connectivity index (χ0n) is 17.2. The van der Waals surface area contributed by atoms with Gasteiger partial charge in [-0.05, 0) is 73.7 Å². The number of carbonyl (C=O) groups excluding carboxylic acids is 2. The Kier molecular flexibility index (Phi) is 6.25. The molecule has 2 saturated heterocycles. The summed E-state index contributed by atoms with van der Waals surface area (Å²) < 4.78 is 6.38. The van der Waals surface area contributed by atoms with Crippen molar-refractivity contribution < 1.29 is 14.3 Å². The summed E-state index contributed by atoms with van der Waals surface area (Å²) in [7, 11) is 1.64. The molecule has 2 amide bonds. The van der Waals surface area contributed by atoms with E-state index in [-0.39, 0.29) is 17.7 Å². The highest BCUT2D eigenvalue weighted by Crippen LogP contribution is 2.44. The van der Waals surface area contributed by atoms with Gasteiger partial charge in [0.15, 0.2) is 0 Å². The molecule has 6 heteroatoms. The molecule has 2 aliphatic heterocycles. The normalized spacial score (nSPS) is 23.3. The molecule has 0 aliphatic carbocycles. The number of amides is 2. The highest BCUT2D eigenvalue weighted by molar-refractivity contribution is 9.10. The SMILES string of the molecule is COc1ccc(C2(C3CCN(Cc4ccc(Br)cc4)CC3)CCC(=O)NC2=O)cc1.